The van der Waals surface area contributed by atoms with E-state index in [-0.39, 0.29) is 24.0 Å². The number of carbonyl (C=O) groups is 1. The molecule has 0 radical (unpaired) electrons. The van der Waals surface area contributed by atoms with Gasteiger partial charge in [0.15, 0.2) is 11.8 Å². The Hall–Kier alpha value is -0.650. The zero-order valence-electron chi connectivity index (χ0n) is 13.3. The molecule has 0 unspecified atom stereocenters. The van der Waals surface area contributed by atoms with Gasteiger partial charge < -0.3 is 9.64 Å². The summed E-state index contributed by atoms with van der Waals surface area (Å²) in [4.78, 5) is 26.2. The summed E-state index contributed by atoms with van der Waals surface area (Å²) in [5.41, 5.74) is -0.490. The van der Waals surface area contributed by atoms with Gasteiger partial charge in [-0.25, -0.2) is 9.78 Å². The van der Waals surface area contributed by atoms with Crippen molar-refractivity contribution < 1.29 is 19.3 Å². The van der Waals surface area contributed by atoms with Gasteiger partial charge in [-0.05, 0) is 38.0 Å². The minimum atomic E-state index is -0.730. The fraction of sp³-hybridized carbons (Fsp3) is 0.938. The summed E-state index contributed by atoms with van der Waals surface area (Å²) in [5.74, 6) is 0.565. The molecule has 0 aromatic heterocycles. The predicted molar refractivity (Wildman–Crippen MR) is 74.7 cm³/mol. The van der Waals surface area contributed by atoms with E-state index in [1.54, 1.807) is 4.90 Å². The number of hydrogen-bond donors (Lipinski definition) is 0. The molecule has 21 heavy (non-hydrogen) atoms. The highest BCUT2D eigenvalue weighted by Gasteiger charge is 2.69. The molecule has 5 rings (SSSR count). The van der Waals surface area contributed by atoms with Crippen LogP contribution in [0.5, 0.6) is 0 Å². The fourth-order valence-electron chi connectivity index (χ4n) is 5.29. The van der Waals surface area contributed by atoms with E-state index in [1.807, 2.05) is 20.9 Å². The van der Waals surface area contributed by atoms with Gasteiger partial charge in [0.2, 0.25) is 11.7 Å². The first-order valence-corrected chi connectivity index (χ1v) is 8.20. The van der Waals surface area contributed by atoms with Gasteiger partial charge in [0.1, 0.15) is 0 Å². The summed E-state index contributed by atoms with van der Waals surface area (Å²) in [6, 6.07) is 0. The standard InChI is InChI=1S/C16H25NO4/c1-9-5-6-12-10(2)13(18)17(4)14-16(12)11(9)7-8-15(3,19-14)20-21-16/h9-12,14H,5-8H2,1-4H3/t9-,10-,11+,12+,14-,15-,16-/m1/s1. The van der Waals surface area contributed by atoms with Crippen molar-refractivity contribution in [2.75, 3.05) is 7.05 Å². The lowest BCUT2D eigenvalue weighted by molar-refractivity contribution is -0.547. The Morgan fingerprint density at radius 3 is 2.67 bits per heavy atom. The van der Waals surface area contributed by atoms with Gasteiger partial charge in [0.25, 0.3) is 0 Å². The Labute approximate surface area is 125 Å². The Bertz CT molecular complexity index is 483. The largest absolute Gasteiger partial charge is 0.321 e. The molecule has 5 heteroatoms. The van der Waals surface area contributed by atoms with Crippen molar-refractivity contribution in [3.63, 3.8) is 0 Å². The quantitative estimate of drug-likeness (QED) is 0.643. The van der Waals surface area contributed by atoms with Crippen molar-refractivity contribution in [3.8, 4) is 0 Å². The number of hydrogen-bond acceptors (Lipinski definition) is 4. The van der Waals surface area contributed by atoms with Gasteiger partial charge >= 0.3 is 0 Å². The second-order valence-corrected chi connectivity index (χ2v) is 7.67. The zero-order chi connectivity index (χ0) is 15.0. The van der Waals surface area contributed by atoms with E-state index in [9.17, 15) is 4.79 Å². The number of fused-ring (bicyclic) bond motifs is 2. The van der Waals surface area contributed by atoms with Gasteiger partial charge in [0, 0.05) is 25.3 Å². The molecule has 118 valence electrons. The molecule has 1 spiro atoms. The molecule has 1 aliphatic carbocycles. The average molecular weight is 295 g/mol. The number of likely N-dealkylation sites (tertiary alicyclic amines) is 1. The van der Waals surface area contributed by atoms with Gasteiger partial charge in [-0.1, -0.05) is 13.8 Å². The monoisotopic (exact) mass is 295 g/mol. The van der Waals surface area contributed by atoms with Crippen LogP contribution in [0.25, 0.3) is 0 Å². The Morgan fingerprint density at radius 2 is 1.90 bits per heavy atom. The van der Waals surface area contributed by atoms with E-state index in [0.717, 1.165) is 25.7 Å². The van der Waals surface area contributed by atoms with E-state index >= 15 is 0 Å². The first-order chi connectivity index (χ1) is 9.89. The van der Waals surface area contributed by atoms with Crippen molar-refractivity contribution in [1.82, 2.24) is 4.90 Å². The minimum Gasteiger partial charge on any atom is -0.321 e. The van der Waals surface area contributed by atoms with E-state index in [4.69, 9.17) is 14.5 Å². The van der Waals surface area contributed by atoms with E-state index in [2.05, 4.69) is 6.92 Å². The van der Waals surface area contributed by atoms with E-state index in [0.29, 0.717) is 11.8 Å². The summed E-state index contributed by atoms with van der Waals surface area (Å²) in [7, 11) is 1.85. The lowest BCUT2D eigenvalue weighted by Crippen LogP contribution is -2.74. The Morgan fingerprint density at radius 1 is 1.14 bits per heavy atom. The highest BCUT2D eigenvalue weighted by molar-refractivity contribution is 5.80. The number of carbonyl (C=O) groups excluding carboxylic acids is 1. The number of rotatable bonds is 0. The van der Waals surface area contributed by atoms with Crippen LogP contribution in [0.2, 0.25) is 0 Å². The van der Waals surface area contributed by atoms with Crippen LogP contribution in [0.15, 0.2) is 0 Å². The lowest BCUT2D eigenvalue weighted by Gasteiger charge is -2.61. The summed E-state index contributed by atoms with van der Waals surface area (Å²) >= 11 is 0. The minimum absolute atomic E-state index is 0.0316. The third kappa shape index (κ3) is 1.60. The predicted octanol–water partition coefficient (Wildman–Crippen LogP) is 2.31. The molecule has 4 aliphatic heterocycles. The number of nitrogens with zero attached hydrogens (tertiary/aromatic N) is 1. The highest BCUT2D eigenvalue weighted by Crippen LogP contribution is 2.59. The maximum absolute atomic E-state index is 12.6. The van der Waals surface area contributed by atoms with Crippen LogP contribution >= 0.6 is 0 Å². The van der Waals surface area contributed by atoms with Crippen LogP contribution in [-0.2, 0) is 19.3 Å². The molecule has 7 atom stereocenters. The Balaban J connectivity index is 1.87. The zero-order valence-corrected chi connectivity index (χ0v) is 13.3. The molecule has 2 bridgehead atoms. The van der Waals surface area contributed by atoms with Gasteiger partial charge in [-0.2, -0.15) is 0 Å². The third-order valence-corrected chi connectivity index (χ3v) is 6.49. The molecule has 0 aromatic rings. The third-order valence-electron chi connectivity index (χ3n) is 6.49. The smallest absolute Gasteiger partial charge is 0.227 e. The molecular formula is C16H25NO4. The van der Waals surface area contributed by atoms with Gasteiger partial charge in [-0.15, -0.1) is 0 Å². The molecule has 5 nitrogen and oxygen atoms in total. The van der Waals surface area contributed by atoms with Crippen molar-refractivity contribution in [1.29, 1.82) is 0 Å². The molecule has 5 aliphatic rings. The second kappa shape index (κ2) is 4.21. The first kappa shape index (κ1) is 14.0. The van der Waals surface area contributed by atoms with Crippen LogP contribution in [0.3, 0.4) is 0 Å². The van der Waals surface area contributed by atoms with Crippen molar-refractivity contribution in [2.24, 2.45) is 23.7 Å². The lowest BCUT2D eigenvalue weighted by atomic mass is 9.57. The van der Waals surface area contributed by atoms with Crippen molar-refractivity contribution >= 4 is 5.91 Å². The first-order valence-electron chi connectivity index (χ1n) is 8.20. The number of ether oxygens (including phenoxy) is 1. The number of piperidine rings is 1. The molecular weight excluding hydrogens is 270 g/mol. The summed E-state index contributed by atoms with van der Waals surface area (Å²) in [5, 5.41) is 0. The van der Waals surface area contributed by atoms with E-state index in [1.165, 1.54) is 0 Å². The molecule has 1 amide bonds. The topological polar surface area (TPSA) is 48.0 Å². The van der Waals surface area contributed by atoms with Gasteiger partial charge in [-0.3, -0.25) is 4.79 Å². The SMILES string of the molecule is C[C@@H]1CC[C@H]2[C@@H](C)C(=O)N(C)[C@@H]3O[C@@]4(C)CC[C@@H]1[C@@]23OO4. The molecule has 5 fully saturated rings. The number of likely N-dealkylation sites (N-methyl/N-ethyl adjacent to an activating group) is 1. The van der Waals surface area contributed by atoms with Crippen LogP contribution in [0, 0.1) is 23.7 Å². The molecule has 4 saturated heterocycles. The average Bonchev–Trinajstić information content (AvgIpc) is 2.69. The maximum Gasteiger partial charge on any atom is 0.227 e. The summed E-state index contributed by atoms with van der Waals surface area (Å²) < 4.78 is 6.27. The molecule has 0 N–H and O–H groups in total. The number of amides is 1. The Kier molecular flexibility index (Phi) is 2.80. The molecule has 4 heterocycles. The van der Waals surface area contributed by atoms with Crippen molar-refractivity contribution in [2.45, 2.75) is 64.1 Å². The van der Waals surface area contributed by atoms with Gasteiger partial charge in [0.05, 0.1) is 0 Å². The molecule has 1 saturated carbocycles. The van der Waals surface area contributed by atoms with E-state index < -0.39 is 11.4 Å². The maximum atomic E-state index is 12.6. The summed E-state index contributed by atoms with van der Waals surface area (Å²) in [6.07, 6.45) is 3.71. The normalized spacial score (nSPS) is 56.1. The molecule has 0 aromatic carbocycles. The van der Waals surface area contributed by atoms with Crippen molar-refractivity contribution in [3.05, 3.63) is 0 Å². The van der Waals surface area contributed by atoms with Crippen LogP contribution in [0.1, 0.15) is 46.5 Å². The van der Waals surface area contributed by atoms with Crippen LogP contribution in [0.4, 0.5) is 0 Å². The van der Waals surface area contributed by atoms with Crippen LogP contribution < -0.4 is 0 Å². The van der Waals surface area contributed by atoms with Crippen LogP contribution in [-0.4, -0.2) is 35.5 Å². The highest BCUT2D eigenvalue weighted by atomic mass is 17.3. The fourth-order valence-corrected chi connectivity index (χ4v) is 5.29. The second-order valence-electron chi connectivity index (χ2n) is 7.67. The summed E-state index contributed by atoms with van der Waals surface area (Å²) in [6.45, 7) is 6.26.